The summed E-state index contributed by atoms with van der Waals surface area (Å²) in [5.74, 6) is 0.584. The van der Waals surface area contributed by atoms with Crippen LogP contribution in [0.15, 0.2) is 41.6 Å². The Morgan fingerprint density at radius 2 is 1.94 bits per heavy atom. The summed E-state index contributed by atoms with van der Waals surface area (Å²) in [5, 5.41) is 12.6. The summed E-state index contributed by atoms with van der Waals surface area (Å²) in [7, 11) is 3.88. The van der Waals surface area contributed by atoms with Crippen LogP contribution in [0.25, 0.3) is 0 Å². The van der Waals surface area contributed by atoms with Gasteiger partial charge in [-0.2, -0.15) is 5.10 Å². The summed E-state index contributed by atoms with van der Waals surface area (Å²) in [4.78, 5) is 9.72. The number of allylic oxidation sites excluding steroid dienone is 3. The Balaban J connectivity index is 2.13. The second-order valence-electron chi connectivity index (χ2n) is 9.37. The molecule has 8 nitrogen and oxygen atoms in total. The summed E-state index contributed by atoms with van der Waals surface area (Å²) in [6, 6.07) is 0.175. The van der Waals surface area contributed by atoms with Crippen LogP contribution >= 0.6 is 0 Å². The number of nitrogens with zero attached hydrogens (tertiary/aromatic N) is 5. The van der Waals surface area contributed by atoms with Crippen molar-refractivity contribution < 1.29 is 4.74 Å². The zero-order valence-corrected chi connectivity index (χ0v) is 21.9. The van der Waals surface area contributed by atoms with Crippen molar-refractivity contribution >= 4 is 11.4 Å². The Bertz CT molecular complexity index is 933. The number of likely N-dealkylation sites (N-methyl/N-ethyl adjacent to an activating group) is 1. The van der Waals surface area contributed by atoms with Crippen molar-refractivity contribution in [3.05, 3.63) is 47.8 Å². The first kappa shape index (κ1) is 27.5. The van der Waals surface area contributed by atoms with Crippen LogP contribution in [0, 0.1) is 12.3 Å². The molecule has 2 rings (SSSR count). The molecule has 1 saturated heterocycles. The number of nitrogens with two attached hydrogens (primary N) is 1. The Labute approximate surface area is 205 Å². The molecule has 2 heterocycles. The maximum absolute atomic E-state index is 8.20. The van der Waals surface area contributed by atoms with Crippen LogP contribution in [0.4, 0.5) is 0 Å². The number of aliphatic imine (C=N–C) groups is 1. The topological polar surface area (TPSA) is 95.8 Å². The number of ether oxygens (including phenoxy) is 1. The number of likely N-dealkylation sites (tertiary alicyclic amines) is 1. The molecular weight excluding hydrogens is 426 g/mol. The third-order valence-corrected chi connectivity index (χ3v) is 5.98. The molecule has 0 amide bonds. The van der Waals surface area contributed by atoms with Crippen LogP contribution in [-0.2, 0) is 7.05 Å². The van der Waals surface area contributed by atoms with Gasteiger partial charge in [0.15, 0.2) is 0 Å². The molecular formula is C26H43N7O. The molecule has 1 aliphatic rings. The fourth-order valence-electron chi connectivity index (χ4n) is 4.52. The lowest BCUT2D eigenvalue weighted by Crippen LogP contribution is -2.36. The zero-order chi connectivity index (χ0) is 25.4. The van der Waals surface area contributed by atoms with E-state index in [1.807, 2.05) is 34.9 Å². The quantitative estimate of drug-likeness (QED) is 0.341. The molecule has 0 radical (unpaired) electrons. The average molecular weight is 470 g/mol. The Kier molecular flexibility index (Phi) is 10.3. The smallest absolute Gasteiger partial charge is 0.221 e. The number of hydrogen-bond acceptors (Lipinski definition) is 7. The lowest BCUT2D eigenvalue weighted by atomic mass is 10.1. The van der Waals surface area contributed by atoms with E-state index in [1.165, 1.54) is 18.9 Å². The van der Waals surface area contributed by atoms with Gasteiger partial charge in [0, 0.05) is 38.0 Å². The molecule has 8 heteroatoms. The van der Waals surface area contributed by atoms with Gasteiger partial charge >= 0.3 is 0 Å². The third kappa shape index (κ3) is 7.40. The first-order valence-corrected chi connectivity index (χ1v) is 12.1. The zero-order valence-electron chi connectivity index (χ0n) is 21.9. The van der Waals surface area contributed by atoms with Crippen molar-refractivity contribution in [2.45, 2.75) is 52.7 Å². The average Bonchev–Trinajstić information content (AvgIpc) is 3.34. The number of hydrogen-bond donors (Lipinski definition) is 2. The summed E-state index contributed by atoms with van der Waals surface area (Å²) < 4.78 is 7.93. The van der Waals surface area contributed by atoms with Gasteiger partial charge in [-0.3, -0.25) is 9.89 Å². The van der Waals surface area contributed by atoms with Crippen molar-refractivity contribution in [1.82, 2.24) is 19.6 Å². The van der Waals surface area contributed by atoms with Gasteiger partial charge in [0.05, 0.1) is 28.7 Å². The molecule has 0 aliphatic carbocycles. The first-order chi connectivity index (χ1) is 16.1. The van der Waals surface area contributed by atoms with E-state index in [2.05, 4.69) is 35.0 Å². The highest BCUT2D eigenvalue weighted by Gasteiger charge is 2.21. The molecule has 2 unspecified atom stereocenters. The van der Waals surface area contributed by atoms with Gasteiger partial charge in [0.25, 0.3) is 0 Å². The summed E-state index contributed by atoms with van der Waals surface area (Å²) in [6.07, 6.45) is 5.73. The van der Waals surface area contributed by atoms with Gasteiger partial charge < -0.3 is 20.8 Å². The minimum Gasteiger partial charge on any atom is -0.473 e. The van der Waals surface area contributed by atoms with Crippen molar-refractivity contribution in [3.8, 4) is 5.88 Å². The molecule has 0 spiro atoms. The molecule has 34 heavy (non-hydrogen) atoms. The van der Waals surface area contributed by atoms with Crippen molar-refractivity contribution in [1.29, 1.82) is 5.41 Å². The fraction of sp³-hybridized carbons (Fsp3) is 0.577. The number of rotatable bonds is 13. The Hall–Kier alpha value is -2.71. The molecule has 2 atom stereocenters. The number of aryl methyl sites for hydroxylation is 2. The van der Waals surface area contributed by atoms with Gasteiger partial charge in [0.2, 0.25) is 5.88 Å². The van der Waals surface area contributed by atoms with Gasteiger partial charge in [0.1, 0.15) is 6.10 Å². The van der Waals surface area contributed by atoms with Crippen LogP contribution in [0.2, 0.25) is 0 Å². The highest BCUT2D eigenvalue weighted by atomic mass is 16.5. The maximum Gasteiger partial charge on any atom is 0.221 e. The Morgan fingerprint density at radius 3 is 2.50 bits per heavy atom. The van der Waals surface area contributed by atoms with Crippen molar-refractivity contribution in [2.75, 3.05) is 39.8 Å². The summed E-state index contributed by atoms with van der Waals surface area (Å²) >= 11 is 0. The van der Waals surface area contributed by atoms with E-state index in [1.54, 1.807) is 10.8 Å². The summed E-state index contributed by atoms with van der Waals surface area (Å²) in [6.45, 7) is 20.2. The third-order valence-electron chi connectivity index (χ3n) is 5.98. The van der Waals surface area contributed by atoms with E-state index in [-0.39, 0.29) is 12.1 Å². The van der Waals surface area contributed by atoms with Crippen LogP contribution in [0.1, 0.15) is 44.9 Å². The molecule has 0 bridgehead atoms. The molecule has 1 aliphatic heterocycles. The van der Waals surface area contributed by atoms with Crippen molar-refractivity contribution in [2.24, 2.45) is 17.8 Å². The second kappa shape index (κ2) is 12.7. The molecule has 3 N–H and O–H groups in total. The highest BCUT2D eigenvalue weighted by Crippen LogP contribution is 2.23. The first-order valence-electron chi connectivity index (χ1n) is 12.1. The SMILES string of the molecule is C=CC(=N)c1c(C)nn(C)c1OC(C)CN(C)CC(=NC(C)CN1CCCC1)/C(C=C)=C(/C)N. The van der Waals surface area contributed by atoms with E-state index in [9.17, 15) is 0 Å². The van der Waals surface area contributed by atoms with Gasteiger partial charge in [-0.05, 0) is 66.7 Å². The lowest BCUT2D eigenvalue weighted by Gasteiger charge is -2.25. The van der Waals surface area contributed by atoms with E-state index < -0.39 is 0 Å². The number of nitrogens with one attached hydrogen (secondary N) is 1. The molecule has 1 aromatic rings. The highest BCUT2D eigenvalue weighted by molar-refractivity contribution is 6.08. The van der Waals surface area contributed by atoms with Crippen LogP contribution in [0.5, 0.6) is 5.88 Å². The fourth-order valence-corrected chi connectivity index (χ4v) is 4.52. The monoisotopic (exact) mass is 469 g/mol. The molecule has 0 saturated carbocycles. The predicted molar refractivity (Wildman–Crippen MR) is 142 cm³/mol. The molecule has 0 aromatic carbocycles. The predicted octanol–water partition coefficient (Wildman–Crippen LogP) is 3.33. The minimum absolute atomic E-state index is 0.130. The van der Waals surface area contributed by atoms with E-state index in [0.29, 0.717) is 30.2 Å². The van der Waals surface area contributed by atoms with Gasteiger partial charge in [-0.25, -0.2) is 4.68 Å². The molecule has 188 valence electrons. The van der Waals surface area contributed by atoms with E-state index in [4.69, 9.17) is 20.9 Å². The van der Waals surface area contributed by atoms with E-state index in [0.717, 1.165) is 42.3 Å². The normalized spacial score (nSPS) is 17.4. The maximum atomic E-state index is 8.20. The number of aromatic nitrogens is 2. The Morgan fingerprint density at radius 1 is 1.29 bits per heavy atom. The molecule has 1 aromatic heterocycles. The van der Waals surface area contributed by atoms with Gasteiger partial charge in [-0.1, -0.05) is 19.2 Å². The van der Waals surface area contributed by atoms with Crippen molar-refractivity contribution in [3.63, 3.8) is 0 Å². The van der Waals surface area contributed by atoms with Crippen LogP contribution in [-0.4, -0.2) is 82.9 Å². The van der Waals surface area contributed by atoms with Crippen LogP contribution < -0.4 is 10.5 Å². The largest absolute Gasteiger partial charge is 0.473 e. The minimum atomic E-state index is -0.130. The van der Waals surface area contributed by atoms with Gasteiger partial charge in [-0.15, -0.1) is 0 Å². The molecule has 1 fully saturated rings. The standard InChI is InChI=1S/C26H43N7O/c1-9-22(20(5)27)24(29-18(3)15-33-13-11-12-14-33)17-31(7)16-19(4)34-26-25(23(28)10-2)21(6)30-32(26)8/h9-10,18-19,28H,1-2,11-17,27H2,3-8H3/b22-20-,28-23?,29-24?. The second-order valence-corrected chi connectivity index (χ2v) is 9.37. The summed E-state index contributed by atoms with van der Waals surface area (Å²) in [5.41, 5.74) is 10.5. The van der Waals surface area contributed by atoms with E-state index >= 15 is 0 Å². The van der Waals surface area contributed by atoms with Crippen LogP contribution in [0.3, 0.4) is 0 Å². The lowest BCUT2D eigenvalue weighted by molar-refractivity contribution is 0.159.